The minimum atomic E-state index is -3.48. The number of nitrogens with one attached hydrogen (secondary N) is 1. The highest BCUT2D eigenvalue weighted by atomic mass is 79.9. The van der Waals surface area contributed by atoms with E-state index in [1.807, 2.05) is 0 Å². The molecule has 0 bridgehead atoms. The van der Waals surface area contributed by atoms with Crippen LogP contribution in [0.4, 0.5) is 5.69 Å². The van der Waals surface area contributed by atoms with E-state index >= 15 is 0 Å². The lowest BCUT2D eigenvalue weighted by Crippen LogP contribution is -2.44. The zero-order chi connectivity index (χ0) is 15.5. The zero-order valence-electron chi connectivity index (χ0n) is 12.2. The molecule has 0 saturated carbocycles. The minimum Gasteiger partial charge on any atom is -0.398 e. The lowest BCUT2D eigenvalue weighted by molar-refractivity contribution is 0.208. The average molecular weight is 376 g/mol. The van der Waals surface area contributed by atoms with Gasteiger partial charge in [0.15, 0.2) is 0 Å². The summed E-state index contributed by atoms with van der Waals surface area (Å²) in [6.45, 7) is 5.15. The Balaban J connectivity index is 2.00. The molecule has 2 rings (SSSR count). The van der Waals surface area contributed by atoms with E-state index in [4.69, 9.17) is 5.73 Å². The van der Waals surface area contributed by atoms with Crippen LogP contribution < -0.4 is 10.5 Å². The second kappa shape index (κ2) is 7.09. The Morgan fingerprint density at radius 2 is 2.05 bits per heavy atom. The summed E-state index contributed by atoms with van der Waals surface area (Å²) in [5.74, 6) is 0. The molecule has 0 atom stereocenters. The highest BCUT2D eigenvalue weighted by Crippen LogP contribution is 2.23. The van der Waals surface area contributed by atoms with E-state index in [1.54, 1.807) is 12.1 Å². The van der Waals surface area contributed by atoms with Crippen molar-refractivity contribution in [2.24, 2.45) is 0 Å². The molecule has 0 spiro atoms. The molecule has 3 N–H and O–H groups in total. The normalized spacial score (nSPS) is 18.0. The molecule has 1 heterocycles. The van der Waals surface area contributed by atoms with Crippen LogP contribution in [-0.4, -0.2) is 39.0 Å². The number of nitrogens with two attached hydrogens (primary N) is 1. The molecular formula is C14H22BrN3O2S. The van der Waals surface area contributed by atoms with Gasteiger partial charge in [-0.15, -0.1) is 0 Å². The van der Waals surface area contributed by atoms with Crippen molar-refractivity contribution < 1.29 is 8.42 Å². The van der Waals surface area contributed by atoms with Gasteiger partial charge in [-0.3, -0.25) is 0 Å². The number of benzene rings is 1. The monoisotopic (exact) mass is 375 g/mol. The molecule has 1 aliphatic heterocycles. The van der Waals surface area contributed by atoms with Gasteiger partial charge in [-0.1, -0.05) is 6.92 Å². The van der Waals surface area contributed by atoms with Gasteiger partial charge in [0.1, 0.15) is 0 Å². The highest BCUT2D eigenvalue weighted by molar-refractivity contribution is 9.10. The van der Waals surface area contributed by atoms with E-state index in [2.05, 4.69) is 32.5 Å². The van der Waals surface area contributed by atoms with E-state index < -0.39 is 10.0 Å². The van der Waals surface area contributed by atoms with Gasteiger partial charge in [-0.25, -0.2) is 13.1 Å². The first-order valence-electron chi connectivity index (χ1n) is 7.22. The summed E-state index contributed by atoms with van der Waals surface area (Å²) in [6.07, 6.45) is 2.85. The van der Waals surface area contributed by atoms with Gasteiger partial charge in [0.05, 0.1) is 4.90 Å². The molecule has 5 nitrogen and oxygen atoms in total. The third kappa shape index (κ3) is 4.42. The first kappa shape index (κ1) is 16.7. The number of halogens is 1. The summed E-state index contributed by atoms with van der Waals surface area (Å²) in [4.78, 5) is 2.63. The first-order chi connectivity index (χ1) is 9.92. The number of piperidine rings is 1. The first-order valence-corrected chi connectivity index (χ1v) is 9.49. The fourth-order valence-electron chi connectivity index (χ4n) is 2.55. The molecule has 1 saturated heterocycles. The maximum absolute atomic E-state index is 12.4. The van der Waals surface area contributed by atoms with Crippen LogP contribution in [-0.2, 0) is 10.0 Å². The molecule has 1 aromatic carbocycles. The van der Waals surface area contributed by atoms with Crippen LogP contribution in [0.5, 0.6) is 0 Å². The fraction of sp³-hybridized carbons (Fsp3) is 0.571. The van der Waals surface area contributed by atoms with Crippen LogP contribution >= 0.6 is 15.9 Å². The standard InChI is InChI=1S/C14H22BrN3O2S/c1-2-7-18-8-5-11(6-9-18)17-21(19,20)12-3-4-14(16)13(15)10-12/h3-4,10-11,17H,2,5-9,16H2,1H3. The van der Waals surface area contributed by atoms with Crippen molar-refractivity contribution in [3.8, 4) is 0 Å². The molecule has 0 unspecified atom stereocenters. The molecule has 1 aromatic rings. The molecule has 21 heavy (non-hydrogen) atoms. The molecule has 0 aliphatic carbocycles. The molecule has 118 valence electrons. The summed E-state index contributed by atoms with van der Waals surface area (Å²) in [7, 11) is -3.48. The molecule has 0 aromatic heterocycles. The topological polar surface area (TPSA) is 75.4 Å². The van der Waals surface area contributed by atoms with Crippen LogP contribution in [0.15, 0.2) is 27.6 Å². The second-order valence-corrected chi connectivity index (χ2v) is 7.99. The Kier molecular flexibility index (Phi) is 5.65. The van der Waals surface area contributed by atoms with Gasteiger partial charge in [-0.2, -0.15) is 0 Å². The summed E-state index contributed by atoms with van der Waals surface area (Å²) in [5.41, 5.74) is 6.22. The maximum Gasteiger partial charge on any atom is 0.240 e. The van der Waals surface area contributed by atoms with Gasteiger partial charge >= 0.3 is 0 Å². The number of nitrogens with zero attached hydrogens (tertiary/aromatic N) is 1. The van der Waals surface area contributed by atoms with Crippen molar-refractivity contribution in [3.05, 3.63) is 22.7 Å². The fourth-order valence-corrected chi connectivity index (χ4v) is 4.41. The van der Waals surface area contributed by atoms with Crippen molar-refractivity contribution in [1.29, 1.82) is 0 Å². The van der Waals surface area contributed by atoms with Crippen molar-refractivity contribution in [1.82, 2.24) is 9.62 Å². The van der Waals surface area contributed by atoms with Gasteiger partial charge in [0, 0.05) is 16.2 Å². The Bertz CT molecular complexity index is 584. The van der Waals surface area contributed by atoms with Crippen molar-refractivity contribution in [2.75, 3.05) is 25.4 Å². The Morgan fingerprint density at radius 3 is 2.62 bits per heavy atom. The number of sulfonamides is 1. The van der Waals surface area contributed by atoms with Crippen LogP contribution in [0, 0.1) is 0 Å². The smallest absolute Gasteiger partial charge is 0.240 e. The minimum absolute atomic E-state index is 0.0134. The molecular weight excluding hydrogens is 354 g/mol. The van der Waals surface area contributed by atoms with Gasteiger partial charge in [-0.05, 0) is 73.0 Å². The summed E-state index contributed by atoms with van der Waals surface area (Å²) < 4.78 is 28.2. The Labute approximate surface area is 135 Å². The molecule has 1 fully saturated rings. The van der Waals surface area contributed by atoms with Gasteiger partial charge in [0.25, 0.3) is 0 Å². The zero-order valence-corrected chi connectivity index (χ0v) is 14.6. The SMILES string of the molecule is CCCN1CCC(NS(=O)(=O)c2ccc(N)c(Br)c2)CC1. The lowest BCUT2D eigenvalue weighted by atomic mass is 10.1. The number of anilines is 1. The predicted octanol–water partition coefficient (Wildman–Crippen LogP) is 2.18. The predicted molar refractivity (Wildman–Crippen MR) is 88.6 cm³/mol. The number of rotatable bonds is 5. The second-order valence-electron chi connectivity index (χ2n) is 5.42. The summed E-state index contributed by atoms with van der Waals surface area (Å²) >= 11 is 3.26. The largest absolute Gasteiger partial charge is 0.398 e. The summed E-state index contributed by atoms with van der Waals surface area (Å²) in [5, 5.41) is 0. The number of hydrogen-bond acceptors (Lipinski definition) is 4. The van der Waals surface area contributed by atoms with E-state index in [9.17, 15) is 8.42 Å². The Morgan fingerprint density at radius 1 is 1.38 bits per heavy atom. The van der Waals surface area contributed by atoms with Crippen molar-refractivity contribution in [2.45, 2.75) is 37.1 Å². The van der Waals surface area contributed by atoms with Crippen LogP contribution in [0.2, 0.25) is 0 Å². The third-order valence-electron chi connectivity index (χ3n) is 3.73. The quantitative estimate of drug-likeness (QED) is 0.773. The van der Waals surface area contributed by atoms with E-state index in [0.29, 0.717) is 10.2 Å². The van der Waals surface area contributed by atoms with Crippen molar-refractivity contribution in [3.63, 3.8) is 0 Å². The molecule has 7 heteroatoms. The average Bonchev–Trinajstić information content (AvgIpc) is 2.44. The van der Waals surface area contributed by atoms with Crippen LogP contribution in [0.25, 0.3) is 0 Å². The van der Waals surface area contributed by atoms with Gasteiger partial charge in [0.2, 0.25) is 10.0 Å². The van der Waals surface area contributed by atoms with Crippen LogP contribution in [0.3, 0.4) is 0 Å². The van der Waals surface area contributed by atoms with E-state index in [0.717, 1.165) is 38.9 Å². The number of hydrogen-bond donors (Lipinski definition) is 2. The molecule has 1 aliphatic rings. The highest BCUT2D eigenvalue weighted by Gasteiger charge is 2.24. The number of nitrogen functional groups attached to an aromatic ring is 1. The van der Waals surface area contributed by atoms with Crippen LogP contribution in [0.1, 0.15) is 26.2 Å². The number of likely N-dealkylation sites (tertiary alicyclic amines) is 1. The molecule has 0 radical (unpaired) electrons. The van der Waals surface area contributed by atoms with Crippen molar-refractivity contribution >= 4 is 31.6 Å². The Hall–Kier alpha value is -0.630. The van der Waals surface area contributed by atoms with Gasteiger partial charge < -0.3 is 10.6 Å². The van der Waals surface area contributed by atoms with E-state index in [-0.39, 0.29) is 10.9 Å². The molecule has 0 amide bonds. The summed E-state index contributed by atoms with van der Waals surface area (Å²) in [6, 6.07) is 4.69. The van der Waals surface area contributed by atoms with E-state index in [1.165, 1.54) is 6.07 Å². The maximum atomic E-state index is 12.4. The lowest BCUT2D eigenvalue weighted by Gasteiger charge is -2.31. The third-order valence-corrected chi connectivity index (χ3v) is 5.94.